The summed E-state index contributed by atoms with van der Waals surface area (Å²) >= 11 is 0. The number of hydrogen-bond acceptors (Lipinski definition) is 6. The number of carbonyl (C=O) groups excluding carboxylic acids is 1. The first-order valence-electron chi connectivity index (χ1n) is 14.4. The molecule has 1 N–H and O–H groups in total. The first kappa shape index (κ1) is 34.8. The van der Waals surface area contributed by atoms with Crippen molar-refractivity contribution >= 4 is 5.97 Å². The second-order valence-corrected chi connectivity index (χ2v) is 9.91. The Morgan fingerprint density at radius 3 is 2.45 bits per heavy atom. The lowest BCUT2D eigenvalue weighted by molar-refractivity contribution is -0.151. The van der Waals surface area contributed by atoms with E-state index in [1.54, 1.807) is 4.98 Å². The van der Waals surface area contributed by atoms with E-state index in [4.69, 9.17) is 20.6 Å². The second kappa shape index (κ2) is 18.9. The quantitative estimate of drug-likeness (QED) is 0.0970. The van der Waals surface area contributed by atoms with E-state index in [0.717, 1.165) is 51.4 Å². The molecule has 1 aromatic heterocycles. The highest BCUT2D eigenvalue weighted by Crippen LogP contribution is 2.32. The maximum atomic E-state index is 13.2. The molecule has 1 saturated heterocycles. The van der Waals surface area contributed by atoms with Crippen molar-refractivity contribution in [1.82, 2.24) is 9.55 Å². The standard InChI is InChI=1S/C31H41F3N2O6/c1-3-5-6-7-8-9-10-11-12-13-14-15-16-17-18-19-28(37)41-23-26-25(40-20-4-2)21-27(42-26)36-22-24(31(32,33)34)29(38)35-30(36)39/h2,5-6,8-9,11-12,22,25-27H,3,7,10,13-21,23H2,1H3,(H,35,38,39)/t25-,26+,27+/m0/s1. The van der Waals surface area contributed by atoms with Crippen LogP contribution in [0.3, 0.4) is 0 Å². The number of halogens is 3. The highest BCUT2D eigenvalue weighted by atomic mass is 19.4. The van der Waals surface area contributed by atoms with Crippen LogP contribution in [0.2, 0.25) is 0 Å². The largest absolute Gasteiger partial charge is 0.463 e. The van der Waals surface area contributed by atoms with Crippen LogP contribution in [0.4, 0.5) is 13.2 Å². The number of nitrogens with zero attached hydrogens (tertiary/aromatic N) is 1. The number of rotatable bonds is 18. The summed E-state index contributed by atoms with van der Waals surface area (Å²) in [7, 11) is 0. The summed E-state index contributed by atoms with van der Waals surface area (Å²) < 4.78 is 56.8. The SMILES string of the molecule is C#CCO[C@H]1C[C@H](n2cc(C(F)(F)F)c(=O)[nH]c2=O)O[C@@H]1COC(=O)CCCCCCCC=CCC=CCC=CCC. The number of aromatic amines is 1. The number of unbranched alkanes of at least 4 members (excludes halogenated alkanes) is 5. The van der Waals surface area contributed by atoms with Gasteiger partial charge in [0.05, 0.1) is 6.10 Å². The van der Waals surface area contributed by atoms with Crippen LogP contribution in [0.25, 0.3) is 0 Å². The van der Waals surface area contributed by atoms with Gasteiger partial charge in [0.25, 0.3) is 5.56 Å². The van der Waals surface area contributed by atoms with E-state index in [1.165, 1.54) is 0 Å². The van der Waals surface area contributed by atoms with Crippen molar-refractivity contribution < 1.29 is 32.2 Å². The van der Waals surface area contributed by atoms with Gasteiger partial charge in [0, 0.05) is 19.0 Å². The van der Waals surface area contributed by atoms with Gasteiger partial charge in [0.2, 0.25) is 0 Å². The third-order valence-corrected chi connectivity index (χ3v) is 6.58. The van der Waals surface area contributed by atoms with E-state index < -0.39 is 47.4 Å². The summed E-state index contributed by atoms with van der Waals surface area (Å²) in [4.78, 5) is 37.7. The molecule has 0 radical (unpaired) electrons. The number of alkyl halides is 3. The van der Waals surface area contributed by atoms with Gasteiger partial charge in [-0.05, 0) is 38.5 Å². The molecule has 0 bridgehead atoms. The normalized spacial score (nSPS) is 19.3. The first-order valence-corrected chi connectivity index (χ1v) is 14.4. The Morgan fingerprint density at radius 2 is 1.76 bits per heavy atom. The maximum Gasteiger partial charge on any atom is 0.423 e. The van der Waals surface area contributed by atoms with Crippen molar-refractivity contribution in [3.05, 3.63) is 69.1 Å². The Hall–Kier alpha value is -3.36. The number of carbonyl (C=O) groups is 1. The van der Waals surface area contributed by atoms with E-state index in [1.807, 2.05) is 0 Å². The summed E-state index contributed by atoms with van der Waals surface area (Å²) in [5, 5.41) is 0. The van der Waals surface area contributed by atoms with Gasteiger partial charge in [-0.2, -0.15) is 13.2 Å². The van der Waals surface area contributed by atoms with Crippen LogP contribution in [-0.2, 0) is 25.2 Å². The van der Waals surface area contributed by atoms with Crippen LogP contribution in [0.5, 0.6) is 0 Å². The van der Waals surface area contributed by atoms with Crippen LogP contribution >= 0.6 is 0 Å². The summed E-state index contributed by atoms with van der Waals surface area (Å²) in [6.45, 7) is 1.79. The van der Waals surface area contributed by atoms with Gasteiger partial charge in [0.1, 0.15) is 31.1 Å². The van der Waals surface area contributed by atoms with Gasteiger partial charge < -0.3 is 14.2 Å². The average Bonchev–Trinajstić information content (AvgIpc) is 3.34. The molecule has 0 saturated carbocycles. The predicted molar refractivity (Wildman–Crippen MR) is 154 cm³/mol. The summed E-state index contributed by atoms with van der Waals surface area (Å²) in [5.74, 6) is 1.86. The lowest BCUT2D eigenvalue weighted by Crippen LogP contribution is -2.36. The van der Waals surface area contributed by atoms with Crippen LogP contribution in [-0.4, -0.2) is 40.9 Å². The third kappa shape index (κ3) is 12.7. The number of terminal acetylenes is 1. The van der Waals surface area contributed by atoms with Crippen LogP contribution < -0.4 is 11.2 Å². The van der Waals surface area contributed by atoms with Crippen LogP contribution in [0.1, 0.15) is 89.3 Å². The average molecular weight is 595 g/mol. The molecule has 0 amide bonds. The fourth-order valence-corrected chi connectivity index (χ4v) is 4.39. The van der Waals surface area contributed by atoms with E-state index in [2.05, 4.69) is 49.3 Å². The van der Waals surface area contributed by atoms with E-state index in [-0.39, 0.29) is 26.1 Å². The van der Waals surface area contributed by atoms with Gasteiger partial charge >= 0.3 is 17.8 Å². The number of esters is 1. The van der Waals surface area contributed by atoms with Gasteiger partial charge in [-0.25, -0.2) is 4.79 Å². The minimum Gasteiger partial charge on any atom is -0.463 e. The zero-order valence-corrected chi connectivity index (χ0v) is 24.1. The Kier molecular flexibility index (Phi) is 15.7. The molecule has 1 aromatic rings. The number of aromatic nitrogens is 2. The summed E-state index contributed by atoms with van der Waals surface area (Å²) in [5.41, 5.74) is -4.14. The highest BCUT2D eigenvalue weighted by molar-refractivity contribution is 5.69. The van der Waals surface area contributed by atoms with Crippen molar-refractivity contribution in [3.63, 3.8) is 0 Å². The molecule has 0 unspecified atom stereocenters. The number of allylic oxidation sites excluding steroid dienone is 6. The molecule has 8 nitrogen and oxygen atoms in total. The van der Waals surface area contributed by atoms with Crippen LogP contribution in [0, 0.1) is 12.3 Å². The number of H-pyrrole nitrogens is 1. The van der Waals surface area contributed by atoms with Gasteiger partial charge in [-0.15, -0.1) is 6.42 Å². The Morgan fingerprint density at radius 1 is 1.10 bits per heavy atom. The maximum absolute atomic E-state index is 13.2. The van der Waals surface area contributed by atoms with Gasteiger partial charge in [-0.1, -0.05) is 68.6 Å². The van der Waals surface area contributed by atoms with Gasteiger partial charge in [-0.3, -0.25) is 19.1 Å². The zero-order valence-electron chi connectivity index (χ0n) is 24.1. The molecular weight excluding hydrogens is 553 g/mol. The number of hydrogen-bond donors (Lipinski definition) is 1. The van der Waals surface area contributed by atoms with Crippen molar-refractivity contribution in [3.8, 4) is 12.3 Å². The summed E-state index contributed by atoms with van der Waals surface area (Å²) in [6, 6.07) is 0. The van der Waals surface area contributed by atoms with Crippen molar-refractivity contribution in [2.24, 2.45) is 0 Å². The molecule has 2 rings (SSSR count). The van der Waals surface area contributed by atoms with Crippen molar-refractivity contribution in [2.45, 2.75) is 102 Å². The Labute approximate surface area is 244 Å². The molecule has 3 atom stereocenters. The Bertz CT molecular complexity index is 1210. The fraction of sp³-hybridized carbons (Fsp3) is 0.581. The first-order chi connectivity index (χ1) is 20.2. The smallest absolute Gasteiger partial charge is 0.423 e. The van der Waals surface area contributed by atoms with E-state index >= 15 is 0 Å². The van der Waals surface area contributed by atoms with Crippen molar-refractivity contribution in [2.75, 3.05) is 13.2 Å². The third-order valence-electron chi connectivity index (χ3n) is 6.58. The highest BCUT2D eigenvalue weighted by Gasteiger charge is 2.40. The zero-order chi connectivity index (χ0) is 30.8. The van der Waals surface area contributed by atoms with E-state index in [9.17, 15) is 27.6 Å². The second-order valence-electron chi connectivity index (χ2n) is 9.91. The topological polar surface area (TPSA) is 99.6 Å². The molecule has 0 spiro atoms. The molecule has 0 aliphatic carbocycles. The molecule has 1 aliphatic rings. The summed E-state index contributed by atoms with van der Waals surface area (Å²) in [6.07, 6.45) is 19.9. The molecular formula is C31H41F3N2O6. The molecule has 1 aliphatic heterocycles. The number of nitrogens with one attached hydrogen (secondary N) is 1. The van der Waals surface area contributed by atoms with Gasteiger partial charge in [0.15, 0.2) is 0 Å². The molecule has 1 fully saturated rings. The van der Waals surface area contributed by atoms with Crippen molar-refractivity contribution in [1.29, 1.82) is 0 Å². The molecule has 0 aromatic carbocycles. The molecule has 11 heteroatoms. The monoisotopic (exact) mass is 594 g/mol. The van der Waals surface area contributed by atoms with E-state index in [0.29, 0.717) is 17.2 Å². The fourth-order valence-electron chi connectivity index (χ4n) is 4.39. The minimum absolute atomic E-state index is 0.0321. The lowest BCUT2D eigenvalue weighted by Gasteiger charge is -2.18. The Balaban J connectivity index is 1.71. The molecule has 42 heavy (non-hydrogen) atoms. The molecule has 232 valence electrons. The van der Waals surface area contributed by atoms with Crippen LogP contribution in [0.15, 0.2) is 52.2 Å². The lowest BCUT2D eigenvalue weighted by atomic mass is 10.1. The predicted octanol–water partition coefficient (Wildman–Crippen LogP) is 5.99. The number of ether oxygens (including phenoxy) is 3. The molecule has 2 heterocycles. The minimum atomic E-state index is -4.96.